The van der Waals surface area contributed by atoms with E-state index < -0.39 is 23.7 Å². The number of carbonyl (C=O) groups excluding carboxylic acids is 1. The third-order valence-corrected chi connectivity index (χ3v) is 6.10. The van der Waals surface area contributed by atoms with E-state index in [1.54, 1.807) is 18.6 Å². The van der Waals surface area contributed by atoms with Crippen molar-refractivity contribution in [3.05, 3.63) is 50.9 Å². The summed E-state index contributed by atoms with van der Waals surface area (Å²) in [6, 6.07) is 7.50. The van der Waals surface area contributed by atoms with Crippen LogP contribution in [0.25, 0.3) is 11.2 Å². The Hall–Kier alpha value is -3.44. The molecule has 0 unspecified atom stereocenters. The zero-order valence-electron chi connectivity index (χ0n) is 20.5. The first-order valence-electron chi connectivity index (χ1n) is 11.9. The second kappa shape index (κ2) is 10.9. The Morgan fingerprint density at radius 2 is 1.80 bits per heavy atom. The van der Waals surface area contributed by atoms with Gasteiger partial charge in [0.25, 0.3) is 5.56 Å². The molecule has 1 aliphatic rings. The molecule has 0 aliphatic carbocycles. The van der Waals surface area contributed by atoms with Crippen LogP contribution >= 0.6 is 0 Å². The number of ether oxygens (including phenoxy) is 2. The molecule has 0 spiro atoms. The van der Waals surface area contributed by atoms with Gasteiger partial charge in [0.2, 0.25) is 5.91 Å². The second-order valence-corrected chi connectivity index (χ2v) is 8.50. The number of hydrogen-bond donors (Lipinski definition) is 1. The quantitative estimate of drug-likeness (QED) is 0.486. The lowest BCUT2D eigenvalue weighted by atomic mass is 10.2. The summed E-state index contributed by atoms with van der Waals surface area (Å²) in [6.07, 6.45) is 0.679. The minimum atomic E-state index is -0.543. The van der Waals surface area contributed by atoms with E-state index in [2.05, 4.69) is 15.2 Å². The molecule has 1 N–H and O–H groups in total. The Bertz CT molecular complexity index is 1300. The minimum Gasteiger partial charge on any atom is -0.383 e. The highest BCUT2D eigenvalue weighted by molar-refractivity contribution is 5.90. The van der Waals surface area contributed by atoms with Crippen LogP contribution in [0.5, 0.6) is 0 Å². The molecule has 1 saturated heterocycles. The number of nitrogens with one attached hydrogen (secondary N) is 1. The van der Waals surface area contributed by atoms with Crippen LogP contribution in [0, 0.1) is 6.92 Å². The van der Waals surface area contributed by atoms with Crippen LogP contribution in [-0.4, -0.2) is 64.6 Å². The number of methoxy groups -OCH3 is 1. The highest BCUT2D eigenvalue weighted by atomic mass is 16.5. The second-order valence-electron chi connectivity index (χ2n) is 8.50. The van der Waals surface area contributed by atoms with Gasteiger partial charge in [0.1, 0.15) is 12.4 Å². The Morgan fingerprint density at radius 3 is 2.46 bits per heavy atom. The molecule has 1 aliphatic heterocycles. The number of anilines is 2. The van der Waals surface area contributed by atoms with Crippen LogP contribution in [0.2, 0.25) is 0 Å². The Labute approximate surface area is 202 Å². The average molecular weight is 485 g/mol. The number of amides is 1. The van der Waals surface area contributed by atoms with Gasteiger partial charge in [0.05, 0.1) is 19.8 Å². The summed E-state index contributed by atoms with van der Waals surface area (Å²) in [5, 5.41) is 2.80. The number of benzene rings is 1. The highest BCUT2D eigenvalue weighted by Gasteiger charge is 2.21. The number of aryl methyl sites for hydroxylation is 2. The zero-order valence-corrected chi connectivity index (χ0v) is 20.5. The van der Waals surface area contributed by atoms with Gasteiger partial charge in [-0.25, -0.2) is 14.3 Å². The van der Waals surface area contributed by atoms with Crippen LogP contribution in [0.4, 0.5) is 11.4 Å². The summed E-state index contributed by atoms with van der Waals surface area (Å²) >= 11 is 0. The normalized spacial score (nSPS) is 14.0. The molecule has 1 fully saturated rings. The van der Waals surface area contributed by atoms with Crippen LogP contribution in [0.1, 0.15) is 19.2 Å². The average Bonchev–Trinajstić information content (AvgIpc) is 3.20. The monoisotopic (exact) mass is 484 g/mol. The van der Waals surface area contributed by atoms with Gasteiger partial charge < -0.3 is 24.3 Å². The number of imidazole rings is 1. The standard InChI is InChI=1S/C24H32N6O5/c1-4-9-29-22-21(28(12-13-34-3)17(2)25-22)23(32)30(24(29)33)16-20(31)26-18-5-7-19(8-6-18)27-10-14-35-15-11-27/h5-8H,4,9-16H2,1-3H3,(H,26,31). The molecule has 1 amide bonds. The van der Waals surface area contributed by atoms with Gasteiger partial charge in [-0.2, -0.15) is 0 Å². The van der Waals surface area contributed by atoms with E-state index in [4.69, 9.17) is 9.47 Å². The van der Waals surface area contributed by atoms with E-state index in [1.165, 1.54) is 4.57 Å². The Morgan fingerprint density at radius 1 is 1.09 bits per heavy atom. The maximum atomic E-state index is 13.4. The molecule has 0 bridgehead atoms. The van der Waals surface area contributed by atoms with E-state index in [9.17, 15) is 14.4 Å². The smallest absolute Gasteiger partial charge is 0.333 e. The van der Waals surface area contributed by atoms with Crippen molar-refractivity contribution in [2.45, 2.75) is 39.9 Å². The first-order chi connectivity index (χ1) is 16.9. The van der Waals surface area contributed by atoms with Crippen molar-refractivity contribution in [3.8, 4) is 0 Å². The highest BCUT2D eigenvalue weighted by Crippen LogP contribution is 2.19. The summed E-state index contributed by atoms with van der Waals surface area (Å²) in [5.74, 6) is 0.159. The van der Waals surface area contributed by atoms with Gasteiger partial charge in [0.15, 0.2) is 11.2 Å². The summed E-state index contributed by atoms with van der Waals surface area (Å²) in [7, 11) is 1.58. The lowest BCUT2D eigenvalue weighted by Crippen LogP contribution is -2.43. The molecular weight excluding hydrogens is 452 g/mol. The molecule has 11 heteroatoms. The molecule has 0 radical (unpaired) electrons. The molecule has 188 valence electrons. The molecule has 4 rings (SSSR count). The largest absolute Gasteiger partial charge is 0.383 e. The molecular formula is C24H32N6O5. The lowest BCUT2D eigenvalue weighted by Gasteiger charge is -2.28. The van der Waals surface area contributed by atoms with Gasteiger partial charge in [-0.3, -0.25) is 14.2 Å². The van der Waals surface area contributed by atoms with Crippen molar-refractivity contribution in [2.75, 3.05) is 50.2 Å². The van der Waals surface area contributed by atoms with E-state index in [0.717, 1.165) is 23.3 Å². The third-order valence-electron chi connectivity index (χ3n) is 6.10. The third kappa shape index (κ3) is 5.15. The first-order valence-corrected chi connectivity index (χ1v) is 11.9. The number of morpholine rings is 1. The number of aromatic nitrogens is 4. The summed E-state index contributed by atoms with van der Waals surface area (Å²) in [6.45, 7) is 7.55. The lowest BCUT2D eigenvalue weighted by molar-refractivity contribution is -0.116. The van der Waals surface area contributed by atoms with Gasteiger partial charge in [-0.1, -0.05) is 6.92 Å². The molecule has 0 atom stereocenters. The van der Waals surface area contributed by atoms with Gasteiger partial charge in [-0.15, -0.1) is 0 Å². The molecule has 1 aromatic carbocycles. The molecule has 3 aromatic rings. The summed E-state index contributed by atoms with van der Waals surface area (Å²) in [5.41, 5.74) is 1.21. The van der Waals surface area contributed by atoms with E-state index in [-0.39, 0.29) is 0 Å². The topological polar surface area (TPSA) is 113 Å². The maximum absolute atomic E-state index is 13.4. The van der Waals surface area contributed by atoms with Gasteiger partial charge >= 0.3 is 5.69 Å². The van der Waals surface area contributed by atoms with E-state index >= 15 is 0 Å². The fourth-order valence-corrected chi connectivity index (χ4v) is 4.34. The van der Waals surface area contributed by atoms with Crippen LogP contribution < -0.4 is 21.5 Å². The SMILES string of the molecule is CCCn1c(=O)n(CC(=O)Nc2ccc(N3CCOCC3)cc2)c(=O)c2c1nc(C)n2CCOC. The van der Waals surface area contributed by atoms with Crippen molar-refractivity contribution < 1.29 is 14.3 Å². The zero-order chi connectivity index (χ0) is 24.9. The minimum absolute atomic E-state index is 0.301. The molecule has 11 nitrogen and oxygen atoms in total. The van der Waals surface area contributed by atoms with Crippen molar-refractivity contribution in [1.82, 2.24) is 18.7 Å². The fraction of sp³-hybridized carbons (Fsp3) is 0.500. The predicted molar refractivity (Wildman–Crippen MR) is 133 cm³/mol. The number of fused-ring (bicyclic) bond motifs is 1. The summed E-state index contributed by atoms with van der Waals surface area (Å²) in [4.78, 5) is 46.1. The van der Waals surface area contributed by atoms with Crippen molar-refractivity contribution >= 4 is 28.4 Å². The number of carbonyl (C=O) groups is 1. The predicted octanol–water partition coefficient (Wildman–Crippen LogP) is 1.20. The van der Waals surface area contributed by atoms with Crippen molar-refractivity contribution in [3.63, 3.8) is 0 Å². The Kier molecular flexibility index (Phi) is 7.67. The number of hydrogen-bond acceptors (Lipinski definition) is 7. The van der Waals surface area contributed by atoms with Gasteiger partial charge in [-0.05, 0) is 37.6 Å². The van der Waals surface area contributed by atoms with Crippen molar-refractivity contribution in [1.29, 1.82) is 0 Å². The first kappa shape index (κ1) is 24.7. The van der Waals surface area contributed by atoms with Gasteiger partial charge in [0, 0.05) is 44.7 Å². The summed E-state index contributed by atoms with van der Waals surface area (Å²) < 4.78 is 14.8. The van der Waals surface area contributed by atoms with Crippen LogP contribution in [0.3, 0.4) is 0 Å². The number of rotatable bonds is 9. The van der Waals surface area contributed by atoms with Crippen LogP contribution in [-0.2, 0) is 33.9 Å². The fourth-order valence-electron chi connectivity index (χ4n) is 4.34. The van der Waals surface area contributed by atoms with E-state index in [0.29, 0.717) is 62.0 Å². The molecule has 0 saturated carbocycles. The van der Waals surface area contributed by atoms with Crippen molar-refractivity contribution in [2.24, 2.45) is 0 Å². The molecule has 2 aromatic heterocycles. The van der Waals surface area contributed by atoms with Crippen LogP contribution in [0.15, 0.2) is 33.9 Å². The Balaban J connectivity index is 1.61. The molecule has 35 heavy (non-hydrogen) atoms. The number of nitrogens with zero attached hydrogens (tertiary/aromatic N) is 5. The molecule has 3 heterocycles. The maximum Gasteiger partial charge on any atom is 0.333 e. The van der Waals surface area contributed by atoms with E-state index in [1.807, 2.05) is 31.2 Å².